The number of aryl methyl sites for hydroxylation is 1. The molecule has 1 amide bonds. The monoisotopic (exact) mass is 469 g/mol. The van der Waals surface area contributed by atoms with E-state index in [4.69, 9.17) is 10.5 Å². The average Bonchev–Trinajstić information content (AvgIpc) is 2.83. The Morgan fingerprint density at radius 3 is 2.53 bits per heavy atom. The van der Waals surface area contributed by atoms with E-state index in [-0.39, 0.29) is 24.9 Å². The van der Waals surface area contributed by atoms with Crippen molar-refractivity contribution in [1.29, 1.82) is 0 Å². The van der Waals surface area contributed by atoms with Crippen molar-refractivity contribution in [2.24, 2.45) is 0 Å². The molecule has 4 aromatic carbocycles. The van der Waals surface area contributed by atoms with Crippen LogP contribution in [-0.4, -0.2) is 10.9 Å². The molecule has 5 nitrogen and oxygen atoms in total. The van der Waals surface area contributed by atoms with Crippen molar-refractivity contribution < 1.29 is 9.53 Å². The minimum Gasteiger partial charge on any atom is -0.489 e. The van der Waals surface area contributed by atoms with Crippen molar-refractivity contribution >= 4 is 51.4 Å². The standard InChI is InChI=1S/C28H23N3O2.ClH/c1-18-14-26(29)25-16-22(11-13-27(25)30-18)31-28(32)24-9-5-4-8-21(24)17-33-23-12-10-19-6-2-3-7-20(19)15-23;/h2-16H,17H2,1H3,(H2,29,30)(H,31,32);1H. The largest absolute Gasteiger partial charge is 0.489 e. The number of anilines is 2. The van der Waals surface area contributed by atoms with Gasteiger partial charge in [0.25, 0.3) is 5.91 Å². The van der Waals surface area contributed by atoms with E-state index in [2.05, 4.69) is 22.4 Å². The number of hydrogen-bond donors (Lipinski definition) is 2. The van der Waals surface area contributed by atoms with Crippen molar-refractivity contribution in [1.82, 2.24) is 4.98 Å². The molecule has 0 aliphatic heterocycles. The number of pyridine rings is 1. The summed E-state index contributed by atoms with van der Waals surface area (Å²) in [6.45, 7) is 2.19. The van der Waals surface area contributed by atoms with Crippen LogP contribution in [0.4, 0.5) is 11.4 Å². The van der Waals surface area contributed by atoms with Gasteiger partial charge in [0.05, 0.1) is 5.52 Å². The minimum absolute atomic E-state index is 0. The van der Waals surface area contributed by atoms with Gasteiger partial charge in [-0.2, -0.15) is 0 Å². The van der Waals surface area contributed by atoms with E-state index >= 15 is 0 Å². The minimum atomic E-state index is -0.203. The van der Waals surface area contributed by atoms with Crippen LogP contribution in [-0.2, 0) is 6.61 Å². The lowest BCUT2D eigenvalue weighted by molar-refractivity contribution is 0.102. The number of carbonyl (C=O) groups is 1. The second-order valence-electron chi connectivity index (χ2n) is 7.99. The van der Waals surface area contributed by atoms with Gasteiger partial charge >= 0.3 is 0 Å². The number of nitrogens with one attached hydrogen (secondary N) is 1. The molecule has 34 heavy (non-hydrogen) atoms. The van der Waals surface area contributed by atoms with Gasteiger partial charge < -0.3 is 15.8 Å². The van der Waals surface area contributed by atoms with Crippen LogP contribution < -0.4 is 15.8 Å². The molecule has 5 aromatic rings. The molecule has 3 N–H and O–H groups in total. The van der Waals surface area contributed by atoms with Crippen LogP contribution in [0.1, 0.15) is 21.6 Å². The summed E-state index contributed by atoms with van der Waals surface area (Å²) in [4.78, 5) is 17.6. The first-order valence-corrected chi connectivity index (χ1v) is 10.7. The summed E-state index contributed by atoms with van der Waals surface area (Å²) in [6, 6.07) is 28.9. The van der Waals surface area contributed by atoms with Gasteiger partial charge in [0.15, 0.2) is 0 Å². The molecule has 0 spiro atoms. The second kappa shape index (κ2) is 9.81. The molecule has 0 aliphatic rings. The molecule has 0 aliphatic carbocycles. The molecule has 0 fully saturated rings. The lowest BCUT2D eigenvalue weighted by Gasteiger charge is -2.13. The molecule has 1 heterocycles. The van der Waals surface area contributed by atoms with Gasteiger partial charge in [0, 0.05) is 33.6 Å². The Labute approximate surface area is 204 Å². The topological polar surface area (TPSA) is 77.2 Å². The summed E-state index contributed by atoms with van der Waals surface area (Å²) in [5.41, 5.74) is 10.5. The van der Waals surface area contributed by atoms with Crippen molar-refractivity contribution in [3.63, 3.8) is 0 Å². The van der Waals surface area contributed by atoms with Gasteiger partial charge in [0.1, 0.15) is 12.4 Å². The van der Waals surface area contributed by atoms with Gasteiger partial charge in [-0.15, -0.1) is 12.4 Å². The third-order valence-corrected chi connectivity index (χ3v) is 5.60. The normalized spacial score (nSPS) is 10.6. The highest BCUT2D eigenvalue weighted by atomic mass is 35.5. The first kappa shape index (κ1) is 23.1. The van der Waals surface area contributed by atoms with E-state index in [0.29, 0.717) is 16.9 Å². The average molecular weight is 470 g/mol. The first-order chi connectivity index (χ1) is 16.1. The van der Waals surface area contributed by atoms with Gasteiger partial charge in [-0.05, 0) is 60.2 Å². The highest BCUT2D eigenvalue weighted by Gasteiger charge is 2.13. The summed E-state index contributed by atoms with van der Waals surface area (Å²) in [5.74, 6) is 0.558. The molecule has 0 saturated carbocycles. The number of fused-ring (bicyclic) bond motifs is 2. The highest BCUT2D eigenvalue weighted by molar-refractivity contribution is 6.06. The third-order valence-electron chi connectivity index (χ3n) is 5.60. The number of nitrogen functional groups attached to an aromatic ring is 1. The summed E-state index contributed by atoms with van der Waals surface area (Å²) in [6.07, 6.45) is 0. The van der Waals surface area contributed by atoms with Crippen LogP contribution in [0.5, 0.6) is 5.75 Å². The lowest BCUT2D eigenvalue weighted by atomic mass is 10.1. The number of benzene rings is 4. The molecular formula is C28H24ClN3O2. The molecule has 0 saturated heterocycles. The summed E-state index contributed by atoms with van der Waals surface area (Å²) >= 11 is 0. The van der Waals surface area contributed by atoms with Crippen LogP contribution in [0.15, 0.2) is 91.0 Å². The van der Waals surface area contributed by atoms with Crippen LogP contribution >= 0.6 is 12.4 Å². The van der Waals surface area contributed by atoms with Crippen molar-refractivity contribution in [3.8, 4) is 5.75 Å². The van der Waals surface area contributed by atoms with E-state index in [9.17, 15) is 4.79 Å². The number of nitrogens with zero attached hydrogens (tertiary/aromatic N) is 1. The summed E-state index contributed by atoms with van der Waals surface area (Å²) in [7, 11) is 0. The quantitative estimate of drug-likeness (QED) is 0.306. The van der Waals surface area contributed by atoms with Crippen molar-refractivity contribution in [3.05, 3.63) is 108 Å². The zero-order valence-electron chi connectivity index (χ0n) is 18.6. The van der Waals surface area contributed by atoms with Crippen LogP contribution in [0.3, 0.4) is 0 Å². The van der Waals surface area contributed by atoms with E-state index in [1.54, 1.807) is 6.07 Å². The van der Waals surface area contributed by atoms with Crippen LogP contribution in [0.2, 0.25) is 0 Å². The number of hydrogen-bond acceptors (Lipinski definition) is 4. The predicted molar refractivity (Wildman–Crippen MR) is 141 cm³/mol. The molecule has 0 radical (unpaired) electrons. The SMILES string of the molecule is Cc1cc(N)c2cc(NC(=O)c3ccccc3COc3ccc4ccccc4c3)ccc2n1.Cl. The Kier molecular flexibility index (Phi) is 6.66. The number of aromatic nitrogens is 1. The number of nitrogens with two attached hydrogens (primary N) is 1. The van der Waals surface area contributed by atoms with Gasteiger partial charge in [-0.1, -0.05) is 48.5 Å². The molecule has 170 valence electrons. The van der Waals surface area contributed by atoms with Crippen molar-refractivity contribution in [2.75, 3.05) is 11.1 Å². The number of halogens is 1. The number of ether oxygens (including phenoxy) is 1. The summed E-state index contributed by atoms with van der Waals surface area (Å²) < 4.78 is 6.02. The summed E-state index contributed by atoms with van der Waals surface area (Å²) in [5, 5.41) is 6.06. The Morgan fingerprint density at radius 2 is 1.68 bits per heavy atom. The molecule has 0 bridgehead atoms. The maximum Gasteiger partial charge on any atom is 0.256 e. The van der Waals surface area contributed by atoms with Crippen LogP contribution in [0, 0.1) is 6.92 Å². The Hall–Kier alpha value is -4.09. The van der Waals surface area contributed by atoms with E-state index in [1.807, 2.05) is 79.7 Å². The maximum atomic E-state index is 13.1. The number of carbonyl (C=O) groups excluding carboxylic acids is 1. The molecule has 6 heteroatoms. The Balaban J connectivity index is 0.00000274. The smallest absolute Gasteiger partial charge is 0.256 e. The zero-order chi connectivity index (χ0) is 22.8. The first-order valence-electron chi connectivity index (χ1n) is 10.7. The Morgan fingerprint density at radius 1 is 0.912 bits per heavy atom. The molecule has 1 aromatic heterocycles. The fourth-order valence-electron chi connectivity index (χ4n) is 3.95. The molecule has 0 unspecified atom stereocenters. The highest BCUT2D eigenvalue weighted by Crippen LogP contribution is 2.25. The van der Waals surface area contributed by atoms with E-state index in [1.165, 1.54) is 0 Å². The Bertz CT molecular complexity index is 1500. The molecule has 5 rings (SSSR count). The van der Waals surface area contributed by atoms with E-state index < -0.39 is 0 Å². The second-order valence-corrected chi connectivity index (χ2v) is 7.99. The lowest BCUT2D eigenvalue weighted by Crippen LogP contribution is -2.15. The van der Waals surface area contributed by atoms with E-state index in [0.717, 1.165) is 38.7 Å². The van der Waals surface area contributed by atoms with Crippen LogP contribution in [0.25, 0.3) is 21.7 Å². The zero-order valence-corrected chi connectivity index (χ0v) is 19.4. The van der Waals surface area contributed by atoms with Gasteiger partial charge in [-0.25, -0.2) is 0 Å². The van der Waals surface area contributed by atoms with Crippen molar-refractivity contribution in [2.45, 2.75) is 13.5 Å². The number of amides is 1. The fraction of sp³-hybridized carbons (Fsp3) is 0.0714. The molecular weight excluding hydrogens is 446 g/mol. The molecule has 0 atom stereocenters. The van der Waals surface area contributed by atoms with Gasteiger partial charge in [0.2, 0.25) is 0 Å². The predicted octanol–water partition coefficient (Wildman–Crippen LogP) is 6.53. The third kappa shape index (κ3) is 4.80. The fourth-order valence-corrected chi connectivity index (χ4v) is 3.95. The number of rotatable bonds is 5. The van der Waals surface area contributed by atoms with Gasteiger partial charge in [-0.3, -0.25) is 9.78 Å². The maximum absolute atomic E-state index is 13.1.